The average Bonchev–Trinajstić information content (AvgIpc) is 2.39. The van der Waals surface area contributed by atoms with Gasteiger partial charge in [-0.2, -0.15) is 0 Å². The largest absolute Gasteiger partial charge is 0.508 e. The summed E-state index contributed by atoms with van der Waals surface area (Å²) in [5, 5.41) is 41.3. The molecule has 0 heterocycles. The summed E-state index contributed by atoms with van der Waals surface area (Å²) in [7, 11) is 0. The van der Waals surface area contributed by atoms with Gasteiger partial charge in [0.2, 0.25) is 0 Å². The highest BCUT2D eigenvalue weighted by Crippen LogP contribution is 2.33. The van der Waals surface area contributed by atoms with Gasteiger partial charge in [-0.3, -0.25) is 14.9 Å². The maximum atomic E-state index is 12.0. The Balaban J connectivity index is 2.38. The zero-order chi connectivity index (χ0) is 15.6. The van der Waals surface area contributed by atoms with Crippen LogP contribution < -0.4 is 5.32 Å². The van der Waals surface area contributed by atoms with Gasteiger partial charge in [0.1, 0.15) is 17.2 Å². The van der Waals surface area contributed by atoms with Crippen LogP contribution in [0.2, 0.25) is 0 Å². The second kappa shape index (κ2) is 5.37. The molecule has 8 nitrogen and oxygen atoms in total. The molecule has 8 heteroatoms. The van der Waals surface area contributed by atoms with Crippen molar-refractivity contribution in [3.63, 3.8) is 0 Å². The molecule has 0 aliphatic carbocycles. The number of hydrogen-bond acceptors (Lipinski definition) is 6. The molecule has 0 saturated heterocycles. The van der Waals surface area contributed by atoms with Crippen LogP contribution in [-0.4, -0.2) is 26.2 Å². The van der Waals surface area contributed by atoms with Crippen molar-refractivity contribution >= 4 is 17.3 Å². The highest BCUT2D eigenvalue weighted by Gasteiger charge is 2.20. The quantitative estimate of drug-likeness (QED) is 0.388. The molecular formula is C13H10N2O6. The van der Waals surface area contributed by atoms with E-state index in [2.05, 4.69) is 5.32 Å². The van der Waals surface area contributed by atoms with Crippen LogP contribution in [0.1, 0.15) is 10.4 Å². The minimum Gasteiger partial charge on any atom is -0.508 e. The summed E-state index contributed by atoms with van der Waals surface area (Å²) < 4.78 is 0. The van der Waals surface area contributed by atoms with Crippen molar-refractivity contribution in [2.24, 2.45) is 0 Å². The monoisotopic (exact) mass is 290 g/mol. The maximum absolute atomic E-state index is 12.0. The summed E-state index contributed by atoms with van der Waals surface area (Å²) in [5.74, 6) is -1.98. The number of amides is 1. The number of nitrogens with zero attached hydrogens (tertiary/aromatic N) is 1. The molecule has 0 saturated carbocycles. The van der Waals surface area contributed by atoms with Gasteiger partial charge in [0.15, 0.2) is 5.69 Å². The lowest BCUT2D eigenvalue weighted by atomic mass is 10.1. The first kappa shape index (κ1) is 14.1. The van der Waals surface area contributed by atoms with Crippen molar-refractivity contribution in [1.82, 2.24) is 0 Å². The molecule has 1 amide bonds. The summed E-state index contributed by atoms with van der Waals surface area (Å²) in [6.07, 6.45) is 0. The van der Waals surface area contributed by atoms with Crippen LogP contribution >= 0.6 is 0 Å². The highest BCUT2D eigenvalue weighted by atomic mass is 16.6. The molecule has 0 spiro atoms. The minimum atomic E-state index is -0.828. The number of nitrogens with one attached hydrogen (secondary N) is 1. The summed E-state index contributed by atoms with van der Waals surface area (Å²) in [4.78, 5) is 22.1. The van der Waals surface area contributed by atoms with Gasteiger partial charge in [0.05, 0.1) is 4.92 Å². The van der Waals surface area contributed by atoms with E-state index >= 15 is 0 Å². The third kappa shape index (κ3) is 3.00. The molecular weight excluding hydrogens is 280 g/mol. The van der Waals surface area contributed by atoms with Crippen LogP contribution in [0.5, 0.6) is 17.2 Å². The second-order valence-corrected chi connectivity index (χ2v) is 4.12. The first-order chi connectivity index (χ1) is 9.88. The maximum Gasteiger partial charge on any atom is 0.296 e. The Morgan fingerprint density at radius 1 is 1.10 bits per heavy atom. The summed E-state index contributed by atoms with van der Waals surface area (Å²) in [5.41, 5.74) is -0.965. The minimum absolute atomic E-state index is 0.120. The molecule has 108 valence electrons. The molecule has 0 unspecified atom stereocenters. The van der Waals surface area contributed by atoms with Gasteiger partial charge in [-0.25, -0.2) is 0 Å². The molecule has 4 N–H and O–H groups in total. The van der Waals surface area contributed by atoms with E-state index in [0.717, 1.165) is 24.3 Å². The molecule has 0 radical (unpaired) electrons. The molecule has 0 atom stereocenters. The predicted molar refractivity (Wildman–Crippen MR) is 72.5 cm³/mol. The topological polar surface area (TPSA) is 133 Å². The van der Waals surface area contributed by atoms with Crippen molar-refractivity contribution in [3.8, 4) is 17.2 Å². The van der Waals surface area contributed by atoms with Crippen LogP contribution in [0.3, 0.4) is 0 Å². The SMILES string of the molecule is O=C(Nc1c(O)cccc1[N+](=O)[O-])c1cc(O)cc(O)c1. The number of phenols is 3. The van der Waals surface area contributed by atoms with E-state index in [1.54, 1.807) is 0 Å². The van der Waals surface area contributed by atoms with Gasteiger partial charge in [-0.05, 0) is 18.2 Å². The third-order valence-corrected chi connectivity index (χ3v) is 2.62. The van der Waals surface area contributed by atoms with Gasteiger partial charge in [0.25, 0.3) is 11.6 Å². The lowest BCUT2D eigenvalue weighted by Gasteiger charge is -2.08. The first-order valence-corrected chi connectivity index (χ1v) is 5.69. The van der Waals surface area contributed by atoms with E-state index in [1.165, 1.54) is 12.1 Å². The van der Waals surface area contributed by atoms with Crippen LogP contribution in [0.4, 0.5) is 11.4 Å². The lowest BCUT2D eigenvalue weighted by Crippen LogP contribution is -2.13. The molecule has 21 heavy (non-hydrogen) atoms. The predicted octanol–water partition coefficient (Wildman–Crippen LogP) is 1.96. The summed E-state index contributed by atoms with van der Waals surface area (Å²) in [6.45, 7) is 0. The van der Waals surface area contributed by atoms with Gasteiger partial charge in [-0.1, -0.05) is 6.07 Å². The van der Waals surface area contributed by atoms with E-state index in [1.807, 2.05) is 0 Å². The van der Waals surface area contributed by atoms with E-state index in [4.69, 9.17) is 0 Å². The van der Waals surface area contributed by atoms with Crippen molar-refractivity contribution in [2.75, 3.05) is 5.32 Å². The van der Waals surface area contributed by atoms with E-state index in [0.29, 0.717) is 0 Å². The zero-order valence-electron chi connectivity index (χ0n) is 10.5. The van der Waals surface area contributed by atoms with Crippen LogP contribution in [0.25, 0.3) is 0 Å². The number of aromatic hydroxyl groups is 3. The molecule has 2 rings (SSSR count). The fourth-order valence-corrected chi connectivity index (χ4v) is 1.72. The van der Waals surface area contributed by atoms with Crippen molar-refractivity contribution in [1.29, 1.82) is 0 Å². The number of phenolic OH excluding ortho intramolecular Hbond substituents is 3. The number of benzene rings is 2. The number of nitro benzene ring substituents is 1. The second-order valence-electron chi connectivity index (χ2n) is 4.12. The van der Waals surface area contributed by atoms with Gasteiger partial charge >= 0.3 is 0 Å². The Morgan fingerprint density at radius 2 is 1.71 bits per heavy atom. The standard InChI is InChI=1S/C13H10N2O6/c16-8-4-7(5-9(17)6-8)13(19)14-12-10(15(20)21)2-1-3-11(12)18/h1-6,16-18H,(H,14,19). The molecule has 0 aliphatic rings. The summed E-state index contributed by atoms with van der Waals surface area (Å²) in [6, 6.07) is 6.74. The Morgan fingerprint density at radius 3 is 2.29 bits per heavy atom. The molecule has 0 aromatic heterocycles. The first-order valence-electron chi connectivity index (χ1n) is 5.69. The number of hydrogen-bond donors (Lipinski definition) is 4. The number of para-hydroxylation sites is 1. The number of carbonyl (C=O) groups excluding carboxylic acids is 1. The Bertz CT molecular complexity index is 708. The Hall–Kier alpha value is -3.29. The number of rotatable bonds is 3. The van der Waals surface area contributed by atoms with Crippen molar-refractivity contribution in [2.45, 2.75) is 0 Å². The number of nitro groups is 1. The van der Waals surface area contributed by atoms with E-state index in [-0.39, 0.29) is 22.7 Å². The average molecular weight is 290 g/mol. The Labute approximate surface area is 118 Å². The van der Waals surface area contributed by atoms with Gasteiger partial charge in [-0.15, -0.1) is 0 Å². The molecule has 2 aromatic rings. The third-order valence-electron chi connectivity index (χ3n) is 2.62. The summed E-state index contributed by atoms with van der Waals surface area (Å²) >= 11 is 0. The van der Waals surface area contributed by atoms with Crippen LogP contribution in [0, 0.1) is 10.1 Å². The van der Waals surface area contributed by atoms with Gasteiger partial charge in [0, 0.05) is 17.7 Å². The lowest BCUT2D eigenvalue weighted by molar-refractivity contribution is -0.384. The van der Waals surface area contributed by atoms with Crippen molar-refractivity contribution in [3.05, 3.63) is 52.1 Å². The van der Waals surface area contributed by atoms with Crippen LogP contribution in [0.15, 0.2) is 36.4 Å². The zero-order valence-corrected chi connectivity index (χ0v) is 10.5. The molecule has 0 aliphatic heterocycles. The molecule has 2 aromatic carbocycles. The fraction of sp³-hybridized carbons (Fsp3) is 0. The van der Waals surface area contributed by atoms with Crippen LogP contribution in [-0.2, 0) is 0 Å². The molecule has 0 fully saturated rings. The smallest absolute Gasteiger partial charge is 0.296 e. The van der Waals surface area contributed by atoms with Crippen molar-refractivity contribution < 1.29 is 25.0 Å². The van der Waals surface area contributed by atoms with Gasteiger partial charge < -0.3 is 20.6 Å². The highest BCUT2D eigenvalue weighted by molar-refractivity contribution is 6.06. The fourth-order valence-electron chi connectivity index (χ4n) is 1.72. The Kier molecular flexibility index (Phi) is 3.61. The van der Waals surface area contributed by atoms with E-state index < -0.39 is 22.3 Å². The number of anilines is 1. The van der Waals surface area contributed by atoms with E-state index in [9.17, 15) is 30.2 Å². The number of carbonyl (C=O) groups is 1. The molecule has 0 bridgehead atoms. The normalized spacial score (nSPS) is 10.1.